The van der Waals surface area contributed by atoms with E-state index in [1.54, 1.807) is 13.0 Å². The molecule has 0 aliphatic heterocycles. The van der Waals surface area contributed by atoms with Crippen molar-refractivity contribution in [3.05, 3.63) is 48.0 Å². The summed E-state index contributed by atoms with van der Waals surface area (Å²) in [6.07, 6.45) is -4.46. The van der Waals surface area contributed by atoms with Crippen LogP contribution in [0.25, 0.3) is 20.8 Å². The molecule has 6 heteroatoms. The van der Waals surface area contributed by atoms with Gasteiger partial charge in [0.2, 0.25) is 0 Å². The van der Waals surface area contributed by atoms with Crippen LogP contribution >= 0.6 is 11.3 Å². The number of fused-ring (bicyclic) bond motifs is 1. The van der Waals surface area contributed by atoms with Gasteiger partial charge in [0.25, 0.3) is 0 Å². The van der Waals surface area contributed by atoms with E-state index in [9.17, 15) is 13.2 Å². The summed E-state index contributed by atoms with van der Waals surface area (Å²) in [4.78, 5) is 4.39. The molecular weight excluding hydrogens is 311 g/mol. The number of rotatable bonds is 3. The van der Waals surface area contributed by atoms with E-state index >= 15 is 0 Å². The number of thiazole rings is 1. The first kappa shape index (κ1) is 14.8. The number of halogens is 3. The average molecular weight is 323 g/mol. The van der Waals surface area contributed by atoms with Crippen molar-refractivity contribution in [1.82, 2.24) is 4.98 Å². The number of aromatic nitrogens is 1. The van der Waals surface area contributed by atoms with Gasteiger partial charge >= 0.3 is 6.18 Å². The molecule has 0 unspecified atom stereocenters. The number of ether oxygens (including phenoxy) is 1. The number of benzene rings is 2. The fourth-order valence-electron chi connectivity index (χ4n) is 2.16. The van der Waals surface area contributed by atoms with Crippen LogP contribution in [0.1, 0.15) is 12.5 Å². The fraction of sp³-hybridized carbons (Fsp3) is 0.188. The van der Waals surface area contributed by atoms with Crippen LogP contribution in [0.15, 0.2) is 42.5 Å². The Hall–Kier alpha value is -2.08. The van der Waals surface area contributed by atoms with E-state index in [0.29, 0.717) is 10.6 Å². The SMILES string of the molecule is CCOc1ccc(-c2nc3ccccc3s2)cc1C(F)(F)F. The molecule has 0 aliphatic rings. The minimum Gasteiger partial charge on any atom is -0.493 e. The molecule has 3 aromatic rings. The van der Waals surface area contributed by atoms with E-state index in [1.807, 2.05) is 24.3 Å². The molecule has 0 spiro atoms. The van der Waals surface area contributed by atoms with Crippen LogP contribution in [0.5, 0.6) is 5.75 Å². The summed E-state index contributed by atoms with van der Waals surface area (Å²) in [6.45, 7) is 1.84. The molecule has 0 saturated carbocycles. The zero-order valence-electron chi connectivity index (χ0n) is 11.6. The molecule has 1 heterocycles. The van der Waals surface area contributed by atoms with Crippen LogP contribution in [0.4, 0.5) is 13.2 Å². The maximum absolute atomic E-state index is 13.2. The largest absolute Gasteiger partial charge is 0.493 e. The number of hydrogen-bond donors (Lipinski definition) is 0. The van der Waals surface area contributed by atoms with Crippen molar-refractivity contribution < 1.29 is 17.9 Å². The Morgan fingerprint density at radius 2 is 1.91 bits per heavy atom. The standard InChI is InChI=1S/C16H12F3NOS/c1-2-21-13-8-7-10(9-11(13)16(17,18)19)15-20-12-5-3-4-6-14(12)22-15/h3-9H,2H2,1H3. The van der Waals surface area contributed by atoms with Crippen molar-refractivity contribution in [1.29, 1.82) is 0 Å². The van der Waals surface area contributed by atoms with E-state index in [4.69, 9.17) is 4.74 Å². The van der Waals surface area contributed by atoms with Crippen molar-refractivity contribution in [2.24, 2.45) is 0 Å². The van der Waals surface area contributed by atoms with Crippen LogP contribution in [0, 0.1) is 0 Å². The van der Waals surface area contributed by atoms with E-state index < -0.39 is 11.7 Å². The van der Waals surface area contributed by atoms with Crippen LogP contribution in [-0.2, 0) is 6.18 Å². The Morgan fingerprint density at radius 3 is 2.59 bits per heavy atom. The predicted molar refractivity (Wildman–Crippen MR) is 81.2 cm³/mol. The molecule has 2 nitrogen and oxygen atoms in total. The van der Waals surface area contributed by atoms with Gasteiger partial charge in [-0.2, -0.15) is 13.2 Å². The molecule has 0 atom stereocenters. The topological polar surface area (TPSA) is 22.1 Å². The lowest BCUT2D eigenvalue weighted by Crippen LogP contribution is -2.08. The molecule has 0 aliphatic carbocycles. The molecule has 1 aromatic heterocycles. The van der Waals surface area contributed by atoms with Crippen molar-refractivity contribution >= 4 is 21.6 Å². The summed E-state index contributed by atoms with van der Waals surface area (Å²) in [7, 11) is 0. The Morgan fingerprint density at radius 1 is 1.14 bits per heavy atom. The average Bonchev–Trinajstić information content (AvgIpc) is 2.90. The van der Waals surface area contributed by atoms with Gasteiger partial charge in [0.1, 0.15) is 10.8 Å². The van der Waals surface area contributed by atoms with Gasteiger partial charge in [0.15, 0.2) is 0 Å². The van der Waals surface area contributed by atoms with Gasteiger partial charge in [-0.05, 0) is 37.3 Å². The second kappa shape index (κ2) is 5.61. The van der Waals surface area contributed by atoms with E-state index in [2.05, 4.69) is 4.98 Å². The van der Waals surface area contributed by atoms with Crippen LogP contribution in [0.3, 0.4) is 0 Å². The molecule has 2 aromatic carbocycles. The van der Waals surface area contributed by atoms with Crippen molar-refractivity contribution in [2.45, 2.75) is 13.1 Å². The van der Waals surface area contributed by atoms with Gasteiger partial charge in [-0.1, -0.05) is 12.1 Å². The highest BCUT2D eigenvalue weighted by atomic mass is 32.1. The Labute approximate surface area is 129 Å². The van der Waals surface area contributed by atoms with Gasteiger partial charge in [0.05, 0.1) is 22.4 Å². The zero-order chi connectivity index (χ0) is 15.7. The second-order valence-electron chi connectivity index (χ2n) is 4.63. The number of alkyl halides is 3. The summed E-state index contributed by atoms with van der Waals surface area (Å²) >= 11 is 1.37. The molecule has 0 N–H and O–H groups in total. The zero-order valence-corrected chi connectivity index (χ0v) is 12.5. The molecular formula is C16H12F3NOS. The third kappa shape index (κ3) is 2.78. The highest BCUT2D eigenvalue weighted by molar-refractivity contribution is 7.21. The van der Waals surface area contributed by atoms with Crippen LogP contribution in [-0.4, -0.2) is 11.6 Å². The highest BCUT2D eigenvalue weighted by Gasteiger charge is 2.35. The summed E-state index contributed by atoms with van der Waals surface area (Å²) < 4.78 is 45.5. The van der Waals surface area contributed by atoms with Crippen LogP contribution < -0.4 is 4.74 Å². The number of para-hydroxylation sites is 1. The second-order valence-corrected chi connectivity index (χ2v) is 5.66. The number of nitrogens with zero attached hydrogens (tertiary/aromatic N) is 1. The van der Waals surface area contributed by atoms with Gasteiger partial charge in [-0.25, -0.2) is 4.98 Å². The third-order valence-corrected chi connectivity index (χ3v) is 4.21. The third-order valence-electron chi connectivity index (χ3n) is 3.13. The molecule has 0 bridgehead atoms. The minimum atomic E-state index is -4.46. The van der Waals surface area contributed by atoms with Gasteiger partial charge < -0.3 is 4.74 Å². The summed E-state index contributed by atoms with van der Waals surface area (Å²) in [6, 6.07) is 11.5. The molecule has 0 amide bonds. The lowest BCUT2D eigenvalue weighted by Gasteiger charge is -2.13. The summed E-state index contributed by atoms with van der Waals surface area (Å²) in [5, 5.41) is 0.565. The monoisotopic (exact) mass is 323 g/mol. The quantitative estimate of drug-likeness (QED) is 0.645. The van der Waals surface area contributed by atoms with Crippen molar-refractivity contribution in [2.75, 3.05) is 6.61 Å². The first-order valence-electron chi connectivity index (χ1n) is 6.69. The minimum absolute atomic E-state index is 0.153. The molecule has 3 rings (SSSR count). The molecule has 22 heavy (non-hydrogen) atoms. The summed E-state index contributed by atoms with van der Waals surface area (Å²) in [5.41, 5.74) is 0.452. The maximum atomic E-state index is 13.2. The predicted octanol–water partition coefficient (Wildman–Crippen LogP) is 5.38. The highest BCUT2D eigenvalue weighted by Crippen LogP contribution is 2.40. The van der Waals surface area contributed by atoms with Crippen molar-refractivity contribution in [3.8, 4) is 16.3 Å². The first-order valence-corrected chi connectivity index (χ1v) is 7.50. The molecule has 114 valence electrons. The normalized spacial score (nSPS) is 11.8. The molecule has 0 fully saturated rings. The lowest BCUT2D eigenvalue weighted by atomic mass is 10.1. The molecule has 0 saturated heterocycles. The van der Waals surface area contributed by atoms with Crippen LogP contribution in [0.2, 0.25) is 0 Å². The van der Waals surface area contributed by atoms with Crippen molar-refractivity contribution in [3.63, 3.8) is 0 Å². The van der Waals surface area contributed by atoms with E-state index in [0.717, 1.165) is 16.3 Å². The lowest BCUT2D eigenvalue weighted by molar-refractivity contribution is -0.138. The van der Waals surface area contributed by atoms with E-state index in [-0.39, 0.29) is 12.4 Å². The summed E-state index contributed by atoms with van der Waals surface area (Å²) in [5.74, 6) is -0.153. The van der Waals surface area contributed by atoms with E-state index in [1.165, 1.54) is 17.4 Å². The first-order chi connectivity index (χ1) is 10.5. The fourth-order valence-corrected chi connectivity index (χ4v) is 3.12. The maximum Gasteiger partial charge on any atom is 0.419 e. The Kier molecular flexibility index (Phi) is 3.78. The Balaban J connectivity index is 2.11. The van der Waals surface area contributed by atoms with Gasteiger partial charge in [-0.3, -0.25) is 0 Å². The van der Waals surface area contributed by atoms with Gasteiger partial charge in [0, 0.05) is 5.56 Å². The van der Waals surface area contributed by atoms with Gasteiger partial charge in [-0.15, -0.1) is 11.3 Å². The molecule has 0 radical (unpaired) electrons. The number of hydrogen-bond acceptors (Lipinski definition) is 3. The smallest absolute Gasteiger partial charge is 0.419 e. The Bertz CT molecular complexity index is 778.